The zero-order valence-electron chi connectivity index (χ0n) is 8.98. The fourth-order valence-corrected chi connectivity index (χ4v) is 1.55. The molecule has 1 aromatic rings. The van der Waals surface area contributed by atoms with Crippen molar-refractivity contribution in [2.45, 2.75) is 6.10 Å². The Labute approximate surface area is 116 Å². The number of hydrogen-bond acceptors (Lipinski definition) is 3. The number of halogens is 2. The number of carbonyl (C=O) groups excluding carboxylic acids is 1. The van der Waals surface area contributed by atoms with Gasteiger partial charge in [-0.15, -0.1) is 0 Å². The third-order valence-electron chi connectivity index (χ3n) is 1.92. The van der Waals surface area contributed by atoms with Gasteiger partial charge in [-0.1, -0.05) is 11.6 Å². The van der Waals surface area contributed by atoms with Crippen LogP contribution in [-0.4, -0.2) is 34.9 Å². The van der Waals surface area contributed by atoms with Gasteiger partial charge in [0.1, 0.15) is 0 Å². The van der Waals surface area contributed by atoms with Crippen molar-refractivity contribution >= 4 is 45.2 Å². The molecule has 1 aromatic carbocycles. The number of aliphatic hydroxyl groups excluding tert-OH is 1. The highest BCUT2D eigenvalue weighted by Crippen LogP contribution is 2.25. The smallest absolute Gasteiger partial charge is 0.334 e. The van der Waals surface area contributed by atoms with Crippen LogP contribution in [0.15, 0.2) is 22.7 Å². The van der Waals surface area contributed by atoms with E-state index in [0.717, 1.165) is 0 Å². The average molecular weight is 338 g/mol. The number of anilines is 1. The van der Waals surface area contributed by atoms with Crippen LogP contribution in [0.3, 0.4) is 0 Å². The first-order chi connectivity index (χ1) is 8.40. The van der Waals surface area contributed by atoms with Crippen LogP contribution < -0.4 is 10.6 Å². The second kappa shape index (κ2) is 6.58. The Kier molecular flexibility index (Phi) is 5.39. The summed E-state index contributed by atoms with van der Waals surface area (Å²) in [4.78, 5) is 21.7. The molecule has 0 aliphatic carbocycles. The van der Waals surface area contributed by atoms with E-state index in [2.05, 4.69) is 26.6 Å². The van der Waals surface area contributed by atoms with Crippen LogP contribution in [0.1, 0.15) is 0 Å². The van der Waals surface area contributed by atoms with Gasteiger partial charge in [-0.25, -0.2) is 9.59 Å². The van der Waals surface area contributed by atoms with Gasteiger partial charge in [-0.3, -0.25) is 0 Å². The molecule has 8 heteroatoms. The van der Waals surface area contributed by atoms with E-state index in [4.69, 9.17) is 21.8 Å². The number of benzene rings is 1. The van der Waals surface area contributed by atoms with Crippen molar-refractivity contribution in [1.82, 2.24) is 5.32 Å². The fourth-order valence-electron chi connectivity index (χ4n) is 1.04. The number of urea groups is 1. The molecule has 0 aliphatic rings. The fraction of sp³-hybridized carbons (Fsp3) is 0.200. The largest absolute Gasteiger partial charge is 0.479 e. The number of aliphatic carboxylic acids is 1. The molecule has 0 saturated heterocycles. The number of nitrogens with one attached hydrogen (secondary N) is 2. The van der Waals surface area contributed by atoms with E-state index in [-0.39, 0.29) is 6.54 Å². The van der Waals surface area contributed by atoms with Gasteiger partial charge in [0.2, 0.25) is 0 Å². The van der Waals surface area contributed by atoms with E-state index in [1.165, 1.54) is 6.07 Å². The molecule has 0 heterocycles. The highest BCUT2D eigenvalue weighted by atomic mass is 79.9. The number of hydrogen-bond donors (Lipinski definition) is 4. The molecule has 0 unspecified atom stereocenters. The van der Waals surface area contributed by atoms with Crippen molar-refractivity contribution in [3.05, 3.63) is 27.7 Å². The maximum Gasteiger partial charge on any atom is 0.334 e. The van der Waals surface area contributed by atoms with Gasteiger partial charge in [0.25, 0.3) is 0 Å². The minimum Gasteiger partial charge on any atom is -0.479 e. The molecule has 6 nitrogen and oxygen atoms in total. The maximum atomic E-state index is 11.4. The van der Waals surface area contributed by atoms with Crippen LogP contribution in [0, 0.1) is 0 Å². The van der Waals surface area contributed by atoms with E-state index in [0.29, 0.717) is 15.2 Å². The summed E-state index contributed by atoms with van der Waals surface area (Å²) >= 11 is 8.98. The second-order valence-electron chi connectivity index (χ2n) is 3.31. The molecule has 18 heavy (non-hydrogen) atoms. The molecule has 98 valence electrons. The van der Waals surface area contributed by atoms with E-state index >= 15 is 0 Å². The number of aliphatic hydroxyl groups is 1. The van der Waals surface area contributed by atoms with Crippen LogP contribution in [0.25, 0.3) is 0 Å². The minimum absolute atomic E-state index is 0.390. The summed E-state index contributed by atoms with van der Waals surface area (Å²) in [5.41, 5.74) is 0.435. The van der Waals surface area contributed by atoms with Crippen molar-refractivity contribution in [1.29, 1.82) is 0 Å². The summed E-state index contributed by atoms with van der Waals surface area (Å²) in [5.74, 6) is -1.40. The standard InChI is InChI=1S/C10H10BrClN2O4/c11-6-2-1-5(12)3-7(6)14-10(18)13-4-8(15)9(16)17/h1-3,8,15H,4H2,(H,16,17)(H2,13,14,18)/t8-/m0/s1. The van der Waals surface area contributed by atoms with Crippen molar-refractivity contribution in [2.75, 3.05) is 11.9 Å². The van der Waals surface area contributed by atoms with E-state index in [1.54, 1.807) is 12.1 Å². The van der Waals surface area contributed by atoms with Crippen LogP contribution in [0.5, 0.6) is 0 Å². The number of carboxylic acid groups (broad SMARTS) is 1. The molecule has 1 rings (SSSR count). The molecule has 0 bridgehead atoms. The summed E-state index contributed by atoms with van der Waals surface area (Å²) in [7, 11) is 0. The van der Waals surface area contributed by atoms with Crippen LogP contribution in [0.4, 0.5) is 10.5 Å². The van der Waals surface area contributed by atoms with Crippen LogP contribution in [-0.2, 0) is 4.79 Å². The lowest BCUT2D eigenvalue weighted by molar-refractivity contribution is -0.146. The Morgan fingerprint density at radius 2 is 2.11 bits per heavy atom. The van der Waals surface area contributed by atoms with E-state index < -0.39 is 18.1 Å². The first-order valence-electron chi connectivity index (χ1n) is 4.81. The predicted octanol–water partition coefficient (Wildman–Crippen LogP) is 1.67. The topological polar surface area (TPSA) is 98.7 Å². The highest BCUT2D eigenvalue weighted by Gasteiger charge is 2.14. The van der Waals surface area contributed by atoms with Crippen molar-refractivity contribution in [3.8, 4) is 0 Å². The molecule has 0 aromatic heterocycles. The molecule has 0 saturated carbocycles. The van der Waals surface area contributed by atoms with E-state index in [9.17, 15) is 9.59 Å². The number of carboxylic acids is 1. The van der Waals surface area contributed by atoms with Gasteiger partial charge < -0.3 is 20.8 Å². The highest BCUT2D eigenvalue weighted by molar-refractivity contribution is 9.10. The average Bonchev–Trinajstić information content (AvgIpc) is 2.30. The molecule has 0 spiro atoms. The molecular weight excluding hydrogens is 327 g/mol. The van der Waals surface area contributed by atoms with Gasteiger partial charge in [0.15, 0.2) is 6.10 Å². The first kappa shape index (κ1) is 14.7. The Morgan fingerprint density at radius 3 is 2.72 bits per heavy atom. The summed E-state index contributed by atoms with van der Waals surface area (Å²) in [5, 5.41) is 22.5. The lowest BCUT2D eigenvalue weighted by Crippen LogP contribution is -2.38. The zero-order valence-corrected chi connectivity index (χ0v) is 11.3. The minimum atomic E-state index is -1.64. The maximum absolute atomic E-state index is 11.4. The lowest BCUT2D eigenvalue weighted by Gasteiger charge is -2.10. The lowest BCUT2D eigenvalue weighted by atomic mass is 10.3. The summed E-state index contributed by atoms with van der Waals surface area (Å²) < 4.78 is 0.626. The summed E-state index contributed by atoms with van der Waals surface area (Å²) in [6.07, 6.45) is -1.64. The first-order valence-corrected chi connectivity index (χ1v) is 5.98. The third kappa shape index (κ3) is 4.52. The number of rotatable bonds is 4. The monoisotopic (exact) mass is 336 g/mol. The Hall–Kier alpha value is -1.31. The number of carbonyl (C=O) groups is 2. The van der Waals surface area contributed by atoms with Gasteiger partial charge in [0.05, 0.1) is 12.2 Å². The molecule has 4 N–H and O–H groups in total. The van der Waals surface area contributed by atoms with E-state index in [1.807, 2.05) is 0 Å². The Morgan fingerprint density at radius 1 is 1.44 bits per heavy atom. The Bertz CT molecular complexity index is 469. The molecule has 0 aliphatic heterocycles. The van der Waals surface area contributed by atoms with Crippen LogP contribution >= 0.6 is 27.5 Å². The van der Waals surface area contributed by atoms with Crippen molar-refractivity contribution in [2.24, 2.45) is 0 Å². The van der Waals surface area contributed by atoms with Gasteiger partial charge >= 0.3 is 12.0 Å². The SMILES string of the molecule is O=C(NC[C@H](O)C(=O)O)Nc1cc(Cl)ccc1Br. The molecule has 0 radical (unpaired) electrons. The molecule has 2 amide bonds. The quantitative estimate of drug-likeness (QED) is 0.671. The second-order valence-corrected chi connectivity index (χ2v) is 4.60. The van der Waals surface area contributed by atoms with Gasteiger partial charge in [-0.05, 0) is 34.1 Å². The molecule has 0 fully saturated rings. The third-order valence-corrected chi connectivity index (χ3v) is 2.84. The van der Waals surface area contributed by atoms with Crippen molar-refractivity contribution < 1.29 is 19.8 Å². The summed E-state index contributed by atoms with van der Waals surface area (Å²) in [6.45, 7) is -0.390. The van der Waals surface area contributed by atoms with Gasteiger partial charge in [0, 0.05) is 9.50 Å². The molecule has 1 atom stereocenters. The Balaban J connectivity index is 2.54. The van der Waals surface area contributed by atoms with Gasteiger partial charge in [-0.2, -0.15) is 0 Å². The number of amides is 2. The predicted molar refractivity (Wildman–Crippen MR) is 69.8 cm³/mol. The van der Waals surface area contributed by atoms with Crippen molar-refractivity contribution in [3.63, 3.8) is 0 Å². The molecular formula is C10H10BrClN2O4. The summed E-state index contributed by atoms with van der Waals surface area (Å²) in [6, 6.07) is 4.18. The van der Waals surface area contributed by atoms with Crippen LogP contribution in [0.2, 0.25) is 5.02 Å². The normalized spacial score (nSPS) is 11.7. The zero-order chi connectivity index (χ0) is 13.7.